The molecule has 0 amide bonds. The third kappa shape index (κ3) is 2.23. The van der Waals surface area contributed by atoms with Gasteiger partial charge in [-0.15, -0.1) is 0 Å². The second kappa shape index (κ2) is 4.72. The van der Waals surface area contributed by atoms with Crippen LogP contribution in [0.15, 0.2) is 16.6 Å². The van der Waals surface area contributed by atoms with Crippen LogP contribution in [0.5, 0.6) is 5.75 Å². The fourth-order valence-electron chi connectivity index (χ4n) is 1.05. The summed E-state index contributed by atoms with van der Waals surface area (Å²) in [5.74, 6) is -0.361. The Bertz CT molecular complexity index is 333. The van der Waals surface area contributed by atoms with E-state index < -0.39 is 11.9 Å². The van der Waals surface area contributed by atoms with Crippen molar-refractivity contribution in [2.75, 3.05) is 13.7 Å². The molecule has 5 heteroatoms. The zero-order valence-corrected chi connectivity index (χ0v) is 9.21. The van der Waals surface area contributed by atoms with Crippen LogP contribution in [0.3, 0.4) is 0 Å². The fourth-order valence-corrected chi connectivity index (χ4v) is 1.51. The molecule has 0 aliphatic heterocycles. The molecule has 0 aliphatic carbocycles. The zero-order valence-electron chi connectivity index (χ0n) is 7.63. The van der Waals surface area contributed by atoms with Crippen molar-refractivity contribution >= 4 is 15.9 Å². The molecule has 0 aliphatic rings. The minimum Gasteiger partial charge on any atom is -0.494 e. The number of aliphatic hydroxyl groups is 1. The van der Waals surface area contributed by atoms with Gasteiger partial charge in [0.15, 0.2) is 11.6 Å². The Labute approximate surface area is 89.8 Å². The minimum absolute atomic E-state index is 0.110. The summed E-state index contributed by atoms with van der Waals surface area (Å²) in [7, 11) is 1.37. The first-order chi connectivity index (χ1) is 6.60. The number of aliphatic hydroxyl groups excluding tert-OH is 1. The summed E-state index contributed by atoms with van der Waals surface area (Å²) in [6.45, 7) is -0.193. The van der Waals surface area contributed by atoms with Crippen molar-refractivity contribution in [3.05, 3.63) is 28.0 Å². The van der Waals surface area contributed by atoms with Crippen LogP contribution in [0.4, 0.5) is 4.39 Å². The first-order valence-electron chi connectivity index (χ1n) is 3.99. The molecule has 0 saturated carbocycles. The summed E-state index contributed by atoms with van der Waals surface area (Å²) in [6, 6.07) is 2.47. The second-order valence-corrected chi connectivity index (χ2v) is 3.66. The van der Waals surface area contributed by atoms with E-state index in [4.69, 9.17) is 15.6 Å². The molecule has 0 saturated heterocycles. The highest BCUT2D eigenvalue weighted by Crippen LogP contribution is 2.28. The fraction of sp³-hybridized carbons (Fsp3) is 0.333. The van der Waals surface area contributed by atoms with Crippen molar-refractivity contribution in [3.63, 3.8) is 0 Å². The van der Waals surface area contributed by atoms with Crippen molar-refractivity contribution in [2.24, 2.45) is 5.73 Å². The lowest BCUT2D eigenvalue weighted by Crippen LogP contribution is -2.14. The molecule has 0 fully saturated rings. The van der Waals surface area contributed by atoms with E-state index in [1.54, 1.807) is 0 Å². The van der Waals surface area contributed by atoms with Crippen LogP contribution in [-0.2, 0) is 0 Å². The first-order valence-corrected chi connectivity index (χ1v) is 4.78. The molecule has 1 atom stereocenters. The van der Waals surface area contributed by atoms with E-state index in [-0.39, 0.29) is 16.8 Å². The smallest absolute Gasteiger partial charge is 0.179 e. The highest BCUT2D eigenvalue weighted by molar-refractivity contribution is 9.10. The van der Waals surface area contributed by atoms with E-state index in [1.165, 1.54) is 19.2 Å². The number of hydrogen-bond donors (Lipinski definition) is 2. The van der Waals surface area contributed by atoms with Crippen LogP contribution >= 0.6 is 15.9 Å². The molecule has 1 rings (SSSR count). The maximum atomic E-state index is 13.3. The molecule has 1 aromatic carbocycles. The van der Waals surface area contributed by atoms with Crippen LogP contribution in [0.2, 0.25) is 0 Å². The summed E-state index contributed by atoms with van der Waals surface area (Å²) in [4.78, 5) is 0. The van der Waals surface area contributed by atoms with Crippen LogP contribution in [0.1, 0.15) is 11.6 Å². The molecule has 0 bridgehead atoms. The van der Waals surface area contributed by atoms with Crippen LogP contribution in [-0.4, -0.2) is 18.8 Å². The molecule has 3 nitrogen and oxygen atoms in total. The number of ether oxygens (including phenoxy) is 1. The van der Waals surface area contributed by atoms with Gasteiger partial charge in [-0.05, 0) is 33.6 Å². The van der Waals surface area contributed by atoms with E-state index in [9.17, 15) is 4.39 Å². The van der Waals surface area contributed by atoms with E-state index >= 15 is 0 Å². The van der Waals surface area contributed by atoms with Gasteiger partial charge in [0.05, 0.1) is 24.2 Å². The average molecular weight is 264 g/mol. The summed E-state index contributed by atoms with van der Waals surface area (Å²) in [6.07, 6.45) is 0. The Morgan fingerprint density at radius 2 is 2.29 bits per heavy atom. The van der Waals surface area contributed by atoms with Gasteiger partial charge in [0.25, 0.3) is 0 Å². The summed E-state index contributed by atoms with van der Waals surface area (Å²) >= 11 is 3.04. The van der Waals surface area contributed by atoms with Crippen LogP contribution < -0.4 is 10.5 Å². The Morgan fingerprint density at radius 1 is 1.64 bits per heavy atom. The first kappa shape index (κ1) is 11.4. The van der Waals surface area contributed by atoms with Crippen LogP contribution in [0.25, 0.3) is 0 Å². The molecule has 3 N–H and O–H groups in total. The van der Waals surface area contributed by atoms with Gasteiger partial charge in [-0.25, -0.2) is 4.39 Å². The second-order valence-electron chi connectivity index (χ2n) is 2.81. The van der Waals surface area contributed by atoms with E-state index in [2.05, 4.69) is 15.9 Å². The maximum absolute atomic E-state index is 13.3. The molecule has 0 aromatic heterocycles. The molecule has 1 aromatic rings. The van der Waals surface area contributed by atoms with E-state index in [1.807, 2.05) is 0 Å². The van der Waals surface area contributed by atoms with Crippen molar-refractivity contribution in [2.45, 2.75) is 6.04 Å². The lowest BCUT2D eigenvalue weighted by Gasteiger charge is -2.11. The van der Waals surface area contributed by atoms with Gasteiger partial charge in [-0.3, -0.25) is 0 Å². The standard InChI is InChI=1S/C9H11BrFNO2/c1-14-8-3-5(7(12)4-13)2-6(10)9(8)11/h2-3,7,13H,4,12H2,1H3. The van der Waals surface area contributed by atoms with E-state index in [0.717, 1.165) is 0 Å². The summed E-state index contributed by atoms with van der Waals surface area (Å²) in [5.41, 5.74) is 6.21. The largest absolute Gasteiger partial charge is 0.494 e. The number of nitrogens with two attached hydrogens (primary N) is 1. The van der Waals surface area contributed by atoms with Crippen molar-refractivity contribution < 1.29 is 14.2 Å². The number of methoxy groups -OCH3 is 1. The van der Waals surface area contributed by atoms with Gasteiger partial charge < -0.3 is 15.6 Å². The SMILES string of the molecule is COc1cc(C(N)CO)cc(Br)c1F. The van der Waals surface area contributed by atoms with Crippen LogP contribution in [0, 0.1) is 5.82 Å². The monoisotopic (exact) mass is 263 g/mol. The lowest BCUT2D eigenvalue weighted by molar-refractivity contribution is 0.267. The Hall–Kier alpha value is -0.650. The molecule has 0 radical (unpaired) electrons. The third-order valence-corrected chi connectivity index (χ3v) is 2.44. The van der Waals surface area contributed by atoms with Gasteiger partial charge >= 0.3 is 0 Å². The number of rotatable bonds is 3. The van der Waals surface area contributed by atoms with Gasteiger partial charge in [-0.1, -0.05) is 0 Å². The number of hydrogen-bond acceptors (Lipinski definition) is 3. The lowest BCUT2D eigenvalue weighted by atomic mass is 10.1. The van der Waals surface area contributed by atoms with Gasteiger partial charge in [0, 0.05) is 0 Å². The molecule has 0 spiro atoms. The van der Waals surface area contributed by atoms with Gasteiger partial charge in [0.2, 0.25) is 0 Å². The Morgan fingerprint density at radius 3 is 2.79 bits per heavy atom. The molecule has 78 valence electrons. The highest BCUT2D eigenvalue weighted by atomic mass is 79.9. The maximum Gasteiger partial charge on any atom is 0.179 e. The predicted molar refractivity (Wildman–Crippen MR) is 54.7 cm³/mol. The van der Waals surface area contributed by atoms with Gasteiger partial charge in [-0.2, -0.15) is 0 Å². The minimum atomic E-state index is -0.527. The van der Waals surface area contributed by atoms with Crippen molar-refractivity contribution in [1.29, 1.82) is 0 Å². The molecular weight excluding hydrogens is 253 g/mol. The summed E-state index contributed by atoms with van der Waals surface area (Å²) in [5, 5.41) is 8.84. The molecule has 14 heavy (non-hydrogen) atoms. The topological polar surface area (TPSA) is 55.5 Å². The highest BCUT2D eigenvalue weighted by Gasteiger charge is 2.12. The predicted octanol–water partition coefficient (Wildman–Crippen LogP) is 1.59. The normalized spacial score (nSPS) is 12.6. The number of benzene rings is 1. The van der Waals surface area contributed by atoms with Crippen molar-refractivity contribution in [1.82, 2.24) is 0 Å². The van der Waals surface area contributed by atoms with Crippen molar-refractivity contribution in [3.8, 4) is 5.75 Å². The Balaban J connectivity index is 3.16. The number of halogens is 2. The molecule has 1 unspecified atom stereocenters. The quantitative estimate of drug-likeness (QED) is 0.871. The third-order valence-electron chi connectivity index (χ3n) is 1.86. The average Bonchev–Trinajstić information content (AvgIpc) is 2.20. The van der Waals surface area contributed by atoms with E-state index in [0.29, 0.717) is 5.56 Å². The Kier molecular flexibility index (Phi) is 3.86. The summed E-state index contributed by atoms with van der Waals surface area (Å²) < 4.78 is 18.4. The molecular formula is C9H11BrFNO2. The van der Waals surface area contributed by atoms with Gasteiger partial charge in [0.1, 0.15) is 0 Å². The zero-order chi connectivity index (χ0) is 10.7. The molecule has 0 heterocycles.